The van der Waals surface area contributed by atoms with Gasteiger partial charge in [-0.15, -0.1) is 0 Å². The zero-order valence-corrected chi connectivity index (χ0v) is 55.7. The van der Waals surface area contributed by atoms with Gasteiger partial charge in [0.1, 0.15) is 65.9 Å². The van der Waals surface area contributed by atoms with Crippen molar-refractivity contribution in [2.24, 2.45) is 22.9 Å². The number of H-pyrrole nitrogens is 2. The smallest absolute Gasteiger partial charge is 0.350 e. The first-order valence-electron chi connectivity index (χ1n) is 32.2. The van der Waals surface area contributed by atoms with Crippen LogP contribution in [0.5, 0.6) is 11.5 Å². The van der Waals surface area contributed by atoms with Crippen LogP contribution in [-0.4, -0.2) is 191 Å². The van der Waals surface area contributed by atoms with E-state index in [9.17, 15) is 63.3 Å². The Morgan fingerprint density at radius 2 is 1.16 bits per heavy atom. The number of aromatic amines is 2. The molecule has 0 aliphatic carbocycles. The van der Waals surface area contributed by atoms with Crippen LogP contribution in [0.1, 0.15) is 74.4 Å². The third-order valence-electron chi connectivity index (χ3n) is 16.7. The van der Waals surface area contributed by atoms with Crippen LogP contribution in [0, 0.1) is 5.41 Å². The minimum atomic E-state index is -3.18. The largest absolute Gasteiger partial charge is 0.508 e. The van der Waals surface area contributed by atoms with Crippen LogP contribution in [0.2, 0.25) is 0 Å². The second kappa shape index (κ2) is 35.4. The molecule has 542 valence electrons. The van der Waals surface area contributed by atoms with E-state index in [4.69, 9.17) is 28.3 Å². The lowest BCUT2D eigenvalue weighted by molar-refractivity contribution is -0.168. The van der Waals surface area contributed by atoms with E-state index in [-0.39, 0.29) is 55.0 Å². The number of rotatable bonds is 21. The van der Waals surface area contributed by atoms with E-state index in [0.717, 1.165) is 13.8 Å². The maximum Gasteiger partial charge on any atom is 0.350 e. The van der Waals surface area contributed by atoms with Crippen molar-refractivity contribution in [2.75, 3.05) is 6.54 Å². The molecule has 6 aromatic rings. The second-order valence-corrected chi connectivity index (χ2v) is 24.6. The average molecular weight is 1410 g/mol. The molecule has 1 saturated heterocycles. The molecule has 1 fully saturated rings. The van der Waals surface area contributed by atoms with Gasteiger partial charge in [0, 0.05) is 61.2 Å². The van der Waals surface area contributed by atoms with Crippen molar-refractivity contribution >= 4 is 93.7 Å². The van der Waals surface area contributed by atoms with E-state index >= 15 is 14.4 Å². The molecule has 11 atom stereocenters. The summed E-state index contributed by atoms with van der Waals surface area (Å²) in [6.45, 7) is 3.11. The molecule has 35 heteroatoms. The fourth-order valence-electron chi connectivity index (χ4n) is 11.2. The number of carbonyl (C=O) groups is 13. The van der Waals surface area contributed by atoms with Crippen LogP contribution in [-0.2, 0) is 94.4 Å². The molecule has 7 rings (SSSR count). The van der Waals surface area contributed by atoms with Gasteiger partial charge in [-0.25, -0.2) is 9.78 Å². The van der Waals surface area contributed by atoms with Crippen LogP contribution in [0.15, 0.2) is 122 Å². The van der Waals surface area contributed by atoms with E-state index in [1.807, 2.05) is 0 Å². The zero-order chi connectivity index (χ0) is 74.5. The van der Waals surface area contributed by atoms with Gasteiger partial charge in [0.25, 0.3) is 0 Å². The number of guanidine groups is 1. The van der Waals surface area contributed by atoms with Gasteiger partial charge in [-0.3, -0.25) is 67.8 Å². The summed E-state index contributed by atoms with van der Waals surface area (Å²) in [5, 5.41) is 64.6. The molecular weight excluding hydrogens is 1330 g/mol. The highest BCUT2D eigenvalue weighted by Gasteiger charge is 2.51. The van der Waals surface area contributed by atoms with E-state index in [1.165, 1.54) is 80.1 Å². The molecule has 1 aliphatic rings. The number of aromatic nitrogens is 3. The molecule has 0 spiro atoms. The van der Waals surface area contributed by atoms with E-state index < -0.39 is 181 Å². The molecule has 0 bridgehead atoms. The number of hydrogen-bond donors (Lipinski definition) is 20. The fourth-order valence-corrected chi connectivity index (χ4v) is 11.2. The summed E-state index contributed by atoms with van der Waals surface area (Å²) in [4.78, 5) is 199. The van der Waals surface area contributed by atoms with Crippen LogP contribution in [0.25, 0.3) is 10.9 Å². The number of nitrogens with two attached hydrogens (primary N) is 4. The number of phenols is 2. The summed E-state index contributed by atoms with van der Waals surface area (Å²) in [7, 11) is 0. The number of nitrogens with one attached hydrogen (secondary N) is 13. The number of fused-ring (bicyclic) bond motifs is 1. The number of para-hydroxylation sites is 1. The molecule has 35 nitrogen and oxygen atoms in total. The van der Waals surface area contributed by atoms with Gasteiger partial charge in [-0.2, -0.15) is 0 Å². The highest BCUT2D eigenvalue weighted by atomic mass is 16.4. The molecule has 1 unspecified atom stereocenters. The molecule has 0 saturated carbocycles. The predicted molar refractivity (Wildman–Crippen MR) is 364 cm³/mol. The van der Waals surface area contributed by atoms with Crippen molar-refractivity contribution < 1.29 is 77.6 Å². The quantitative estimate of drug-likeness (QED) is 0.0187. The molecule has 12 amide bonds. The van der Waals surface area contributed by atoms with Gasteiger partial charge in [-0.1, -0.05) is 72.8 Å². The van der Waals surface area contributed by atoms with Crippen molar-refractivity contribution in [3.05, 3.63) is 150 Å². The van der Waals surface area contributed by atoms with Gasteiger partial charge in [0.05, 0.1) is 25.2 Å². The molecule has 4 aromatic carbocycles. The number of carbonyl (C=O) groups excluding carboxylic acids is 12. The molecule has 102 heavy (non-hydrogen) atoms. The topological polar surface area (TPSA) is 579 Å². The highest BCUT2D eigenvalue weighted by molar-refractivity contribution is 6.02. The Morgan fingerprint density at radius 1 is 0.627 bits per heavy atom. The van der Waals surface area contributed by atoms with Crippen molar-refractivity contribution in [3.8, 4) is 11.5 Å². The standard InChI is InChI=1S/C67H83N19O16/c1-34-56(92)79-46(14-9-23-74-66(71)72)59(95)82-48(27-39-31-75-45-13-8-7-12-43(39)45)62(98)84-50(29-53(69)89)61(97)78-35(2)57(93)80-47(25-36-10-5-4-6-11-36)64(100)85-67(3,65(101)102)86(52(55(70)91)26-38-17-21-42(88)22-18-38)54(90)30-51(81-58(94)44(68)24-37-15-19-41(87)20-16-37)63(99)83-49(60(96)77-34)28-40-32-73-33-76-40/h4-8,10-13,15-22,31-35,44,46-52,75,87-88H,9,14,23-30,68H2,1-3H3,(H2,69,89)(H2,70,91)(H,73,76)(H,77,96)(H,78,97)(H,79,92)(H,80,93)(H,81,94)(H,82,95)(H,83,99)(H,84,98)(H,85,100)(H,101,102)(H4,71,72,74)/t34-,35-,44-,46-,47-,48-,49-,50-,51-,52-,67?/m0/s1. The number of hydrogen-bond acceptors (Lipinski definition) is 18. The lowest BCUT2D eigenvalue weighted by Crippen LogP contribution is -2.72. The number of imidazole rings is 1. The maximum absolute atomic E-state index is 15.7. The number of nitrogens with zero attached hydrogens (tertiary/aromatic N) is 2. The monoisotopic (exact) mass is 1410 g/mol. The normalized spacial score (nSPS) is 22.4. The van der Waals surface area contributed by atoms with Gasteiger partial charge in [-0.05, 0) is 92.6 Å². The van der Waals surface area contributed by atoms with E-state index in [0.29, 0.717) is 32.5 Å². The fraction of sp³-hybridized carbons (Fsp3) is 0.358. The first-order valence-corrected chi connectivity index (χ1v) is 32.2. The number of aromatic hydroxyl groups is 2. The summed E-state index contributed by atoms with van der Waals surface area (Å²) < 4.78 is 0. The van der Waals surface area contributed by atoms with Gasteiger partial charge in [0.15, 0.2) is 5.96 Å². The SMILES string of the molecule is C[C@@H]1NC(=O)[C@H](CC(N)=O)NC(=O)[C@H](Cc2c[nH]c3ccccc23)NC(=O)[C@H](CCCNC(=N)N)NC(=O)[C@H](C)NC(=O)[C@H](Cc2cnc[nH]2)NC(=O)[C@@H](NC(=O)[C@@H](N)Cc2ccc(O)cc2)CC(=O)N([C@@H](Cc2ccc(O)cc2)C(N)=O)C(C)(C(=O)O)NC(=O)[C@H](Cc2ccccc2)NC1=O. The van der Waals surface area contributed by atoms with Crippen molar-refractivity contribution in [2.45, 2.75) is 145 Å². The van der Waals surface area contributed by atoms with Crippen molar-refractivity contribution in [3.63, 3.8) is 0 Å². The lowest BCUT2D eigenvalue weighted by atomic mass is 9.97. The Labute approximate surface area is 583 Å². The minimum Gasteiger partial charge on any atom is -0.508 e. The van der Waals surface area contributed by atoms with Gasteiger partial charge in [0.2, 0.25) is 76.5 Å². The van der Waals surface area contributed by atoms with Crippen molar-refractivity contribution in [1.82, 2.24) is 73.0 Å². The minimum absolute atomic E-state index is 0.0173. The Bertz CT molecular complexity index is 4040. The molecule has 24 N–H and O–H groups in total. The first kappa shape index (κ1) is 76.9. The number of primary amides is 2. The number of phenolic OH excluding ortho intramolecular Hbond substituents is 2. The zero-order valence-electron chi connectivity index (χ0n) is 55.7. The second-order valence-electron chi connectivity index (χ2n) is 24.6. The van der Waals surface area contributed by atoms with E-state index in [1.54, 1.807) is 48.7 Å². The third-order valence-corrected chi connectivity index (χ3v) is 16.7. The van der Waals surface area contributed by atoms with Gasteiger partial charge < -0.3 is 101 Å². The van der Waals surface area contributed by atoms with Crippen molar-refractivity contribution in [1.29, 1.82) is 5.41 Å². The van der Waals surface area contributed by atoms with Crippen LogP contribution < -0.4 is 76.1 Å². The summed E-state index contributed by atoms with van der Waals surface area (Å²) in [6.07, 6.45) is -0.548. The van der Waals surface area contributed by atoms with E-state index in [2.05, 4.69) is 68.1 Å². The predicted octanol–water partition coefficient (Wildman–Crippen LogP) is -3.80. The number of amides is 12. The van der Waals surface area contributed by atoms with Crippen LogP contribution in [0.3, 0.4) is 0 Å². The van der Waals surface area contributed by atoms with Crippen LogP contribution >= 0.6 is 0 Å². The van der Waals surface area contributed by atoms with Gasteiger partial charge >= 0.3 is 5.97 Å². The number of benzene rings is 4. The summed E-state index contributed by atoms with van der Waals surface area (Å²) in [5.41, 5.74) is 22.6. The Balaban J connectivity index is 1.38. The molecular formula is C67H83N19O16. The molecule has 0 radical (unpaired) electrons. The Hall–Kier alpha value is -12.4. The average Bonchev–Trinajstić information content (AvgIpc) is 0.915. The number of carboxylic acids is 1. The maximum atomic E-state index is 15.7. The summed E-state index contributed by atoms with van der Waals surface area (Å²) >= 11 is 0. The molecule has 1 aliphatic heterocycles. The molecule has 2 aromatic heterocycles. The number of aliphatic carboxylic acids is 1. The third kappa shape index (κ3) is 21.5. The lowest BCUT2D eigenvalue weighted by Gasteiger charge is -2.43. The number of carboxylic acid groups (broad SMARTS) is 1. The Kier molecular flexibility index (Phi) is 26.7. The Morgan fingerprint density at radius 3 is 1.75 bits per heavy atom. The van der Waals surface area contributed by atoms with Crippen LogP contribution in [0.4, 0.5) is 0 Å². The first-order chi connectivity index (χ1) is 48.4. The summed E-state index contributed by atoms with van der Waals surface area (Å²) in [5.74, 6) is -17.4. The highest BCUT2D eigenvalue weighted by Crippen LogP contribution is 2.25. The molecule has 3 heterocycles. The summed E-state index contributed by atoms with van der Waals surface area (Å²) in [6, 6.07) is 7.22.